The number of carboxylic acids is 1. The first-order valence-corrected chi connectivity index (χ1v) is 6.71. The Morgan fingerprint density at radius 2 is 1.95 bits per heavy atom. The van der Waals surface area contributed by atoms with E-state index < -0.39 is 17.4 Å². The summed E-state index contributed by atoms with van der Waals surface area (Å²) in [5.41, 5.74) is 5.73. The van der Waals surface area contributed by atoms with Crippen molar-refractivity contribution >= 4 is 11.9 Å². The third-order valence-corrected chi connectivity index (χ3v) is 3.37. The fraction of sp³-hybridized carbons (Fsp3) is 0.467. The van der Waals surface area contributed by atoms with Crippen molar-refractivity contribution < 1.29 is 14.7 Å². The van der Waals surface area contributed by atoms with Crippen LogP contribution in [-0.4, -0.2) is 23.5 Å². The number of carbonyl (C=O) groups excluding carboxylic acids is 1. The van der Waals surface area contributed by atoms with Gasteiger partial charge in [0.1, 0.15) is 5.54 Å². The second-order valence-corrected chi connectivity index (χ2v) is 5.21. The molecule has 0 heterocycles. The average Bonchev–Trinajstić information content (AvgIpc) is 2.43. The zero-order chi connectivity index (χ0) is 15.2. The Kier molecular flexibility index (Phi) is 5.70. The maximum absolute atomic E-state index is 12.1. The number of carboxylic acid groups (broad SMARTS) is 1. The van der Waals surface area contributed by atoms with Crippen molar-refractivity contribution in [1.82, 2.24) is 5.32 Å². The first-order valence-electron chi connectivity index (χ1n) is 6.71. The number of benzene rings is 1. The van der Waals surface area contributed by atoms with Crippen LogP contribution in [0, 0.1) is 5.92 Å². The van der Waals surface area contributed by atoms with E-state index >= 15 is 0 Å². The highest BCUT2D eigenvalue weighted by molar-refractivity contribution is 5.86. The first kappa shape index (κ1) is 16.2. The fourth-order valence-corrected chi connectivity index (χ4v) is 1.83. The lowest BCUT2D eigenvalue weighted by atomic mass is 9.92. The van der Waals surface area contributed by atoms with E-state index in [0.717, 1.165) is 5.56 Å². The van der Waals surface area contributed by atoms with Gasteiger partial charge in [0.05, 0.1) is 5.92 Å². The maximum atomic E-state index is 12.1. The minimum atomic E-state index is -1.08. The van der Waals surface area contributed by atoms with Crippen molar-refractivity contribution in [3.05, 3.63) is 35.9 Å². The summed E-state index contributed by atoms with van der Waals surface area (Å²) < 4.78 is 0. The molecule has 4 N–H and O–H groups in total. The van der Waals surface area contributed by atoms with Crippen LogP contribution in [0.2, 0.25) is 0 Å². The highest BCUT2D eigenvalue weighted by atomic mass is 16.4. The molecule has 2 unspecified atom stereocenters. The summed E-state index contributed by atoms with van der Waals surface area (Å²) in [6.45, 7) is 3.74. The van der Waals surface area contributed by atoms with Crippen LogP contribution < -0.4 is 11.1 Å². The van der Waals surface area contributed by atoms with Gasteiger partial charge in [0.2, 0.25) is 5.91 Å². The Bertz CT molecular complexity index is 457. The van der Waals surface area contributed by atoms with Gasteiger partial charge in [-0.3, -0.25) is 9.59 Å². The molecule has 2 atom stereocenters. The van der Waals surface area contributed by atoms with E-state index in [4.69, 9.17) is 10.8 Å². The molecule has 0 spiro atoms. The molecule has 1 rings (SSSR count). The standard InChI is InChI=1S/C15H22N2O3/c1-11(13(18)19)7-6-10-17-14(20)15(2,16)12-8-4-3-5-9-12/h3-5,8-9,11H,6-7,10,16H2,1-2H3,(H,17,20)(H,18,19). The Balaban J connectivity index is 2.45. The van der Waals surface area contributed by atoms with Crippen molar-refractivity contribution in [2.45, 2.75) is 32.2 Å². The zero-order valence-corrected chi connectivity index (χ0v) is 11.9. The van der Waals surface area contributed by atoms with Crippen LogP contribution in [0.25, 0.3) is 0 Å². The quantitative estimate of drug-likeness (QED) is 0.659. The van der Waals surface area contributed by atoms with Crippen LogP contribution in [0.1, 0.15) is 32.3 Å². The normalized spacial score (nSPS) is 15.2. The van der Waals surface area contributed by atoms with Gasteiger partial charge < -0.3 is 16.2 Å². The van der Waals surface area contributed by atoms with Gasteiger partial charge in [-0.2, -0.15) is 0 Å². The molecule has 0 aliphatic heterocycles. The second-order valence-electron chi connectivity index (χ2n) is 5.21. The molecule has 5 heteroatoms. The monoisotopic (exact) mass is 278 g/mol. The number of aliphatic carboxylic acids is 1. The van der Waals surface area contributed by atoms with Crippen LogP contribution in [0.5, 0.6) is 0 Å². The van der Waals surface area contributed by atoms with Gasteiger partial charge in [-0.1, -0.05) is 37.3 Å². The Morgan fingerprint density at radius 1 is 1.35 bits per heavy atom. The third kappa shape index (κ3) is 4.35. The van der Waals surface area contributed by atoms with Gasteiger partial charge >= 0.3 is 5.97 Å². The van der Waals surface area contributed by atoms with Gasteiger partial charge in [-0.05, 0) is 25.3 Å². The molecule has 0 aliphatic rings. The number of hydrogen-bond acceptors (Lipinski definition) is 3. The Hall–Kier alpha value is -1.88. The van der Waals surface area contributed by atoms with E-state index in [9.17, 15) is 9.59 Å². The molecule has 1 amide bonds. The maximum Gasteiger partial charge on any atom is 0.306 e. The summed E-state index contributed by atoms with van der Waals surface area (Å²) in [5.74, 6) is -1.47. The van der Waals surface area contributed by atoms with E-state index in [1.807, 2.05) is 30.3 Å². The molecular formula is C15H22N2O3. The number of hydrogen-bond donors (Lipinski definition) is 3. The molecule has 1 aromatic rings. The molecular weight excluding hydrogens is 256 g/mol. The van der Waals surface area contributed by atoms with Crippen molar-refractivity contribution in [3.8, 4) is 0 Å². The molecule has 0 saturated heterocycles. The lowest BCUT2D eigenvalue weighted by Gasteiger charge is -2.24. The third-order valence-electron chi connectivity index (χ3n) is 3.37. The number of carbonyl (C=O) groups is 2. The summed E-state index contributed by atoms with van der Waals surface area (Å²) in [6.07, 6.45) is 1.15. The highest BCUT2D eigenvalue weighted by Gasteiger charge is 2.29. The molecule has 0 aromatic heterocycles. The number of nitrogens with two attached hydrogens (primary N) is 1. The van der Waals surface area contributed by atoms with E-state index in [1.165, 1.54) is 0 Å². The van der Waals surface area contributed by atoms with Gasteiger partial charge in [-0.25, -0.2) is 0 Å². The van der Waals surface area contributed by atoms with Crippen LogP contribution >= 0.6 is 0 Å². The Morgan fingerprint density at radius 3 is 2.50 bits per heavy atom. The lowest BCUT2D eigenvalue weighted by Crippen LogP contribution is -2.49. The van der Waals surface area contributed by atoms with Crippen LogP contribution in [0.15, 0.2) is 30.3 Å². The predicted molar refractivity (Wildman–Crippen MR) is 77.0 cm³/mol. The second kappa shape index (κ2) is 7.05. The molecule has 0 saturated carbocycles. The molecule has 0 radical (unpaired) electrons. The first-order chi connectivity index (χ1) is 9.35. The predicted octanol–water partition coefficient (Wildman–Crippen LogP) is 1.48. The molecule has 20 heavy (non-hydrogen) atoms. The van der Waals surface area contributed by atoms with Crippen molar-refractivity contribution in [2.75, 3.05) is 6.54 Å². The van der Waals surface area contributed by atoms with Gasteiger partial charge in [-0.15, -0.1) is 0 Å². The van der Waals surface area contributed by atoms with Crippen LogP contribution in [-0.2, 0) is 15.1 Å². The van der Waals surface area contributed by atoms with Crippen molar-refractivity contribution in [1.29, 1.82) is 0 Å². The van der Waals surface area contributed by atoms with E-state index in [-0.39, 0.29) is 5.91 Å². The largest absolute Gasteiger partial charge is 0.481 e. The molecule has 1 aromatic carbocycles. The van der Waals surface area contributed by atoms with E-state index in [1.54, 1.807) is 13.8 Å². The summed E-state index contributed by atoms with van der Waals surface area (Å²) >= 11 is 0. The molecule has 5 nitrogen and oxygen atoms in total. The lowest BCUT2D eigenvalue weighted by molar-refractivity contribution is -0.141. The zero-order valence-electron chi connectivity index (χ0n) is 11.9. The van der Waals surface area contributed by atoms with E-state index in [2.05, 4.69) is 5.32 Å². The van der Waals surface area contributed by atoms with Gasteiger partial charge in [0, 0.05) is 6.54 Å². The minimum Gasteiger partial charge on any atom is -0.481 e. The topological polar surface area (TPSA) is 92.4 Å². The number of rotatable bonds is 7. The number of nitrogens with one attached hydrogen (secondary N) is 1. The highest BCUT2D eigenvalue weighted by Crippen LogP contribution is 2.17. The SMILES string of the molecule is CC(CCCNC(=O)C(C)(N)c1ccccc1)C(=O)O. The smallest absolute Gasteiger partial charge is 0.306 e. The fourth-order valence-electron chi connectivity index (χ4n) is 1.83. The van der Waals surface area contributed by atoms with Crippen LogP contribution in [0.4, 0.5) is 0 Å². The summed E-state index contributed by atoms with van der Waals surface area (Å²) in [5, 5.41) is 11.5. The van der Waals surface area contributed by atoms with Gasteiger partial charge in [0.25, 0.3) is 0 Å². The van der Waals surface area contributed by atoms with Crippen LogP contribution in [0.3, 0.4) is 0 Å². The summed E-state index contributed by atoms with van der Waals surface area (Å²) in [7, 11) is 0. The molecule has 110 valence electrons. The summed E-state index contributed by atoms with van der Waals surface area (Å²) in [6, 6.07) is 9.16. The molecule has 0 bridgehead atoms. The minimum absolute atomic E-state index is 0.258. The average molecular weight is 278 g/mol. The molecule has 0 fully saturated rings. The Labute approximate surface area is 119 Å². The number of amides is 1. The van der Waals surface area contributed by atoms with E-state index in [0.29, 0.717) is 19.4 Å². The van der Waals surface area contributed by atoms with Gasteiger partial charge in [0.15, 0.2) is 0 Å². The molecule has 0 aliphatic carbocycles. The summed E-state index contributed by atoms with van der Waals surface area (Å²) in [4.78, 5) is 22.8. The van der Waals surface area contributed by atoms with Crippen molar-refractivity contribution in [2.24, 2.45) is 11.7 Å². The van der Waals surface area contributed by atoms with Crippen molar-refractivity contribution in [3.63, 3.8) is 0 Å².